The molecule has 0 aliphatic carbocycles. The van der Waals surface area contributed by atoms with E-state index in [9.17, 15) is 10.1 Å². The van der Waals surface area contributed by atoms with E-state index >= 15 is 0 Å². The number of rotatable bonds is 4. The van der Waals surface area contributed by atoms with Gasteiger partial charge >= 0.3 is 0 Å². The molecule has 0 aromatic heterocycles. The first kappa shape index (κ1) is 16.7. The molecule has 0 fully saturated rings. The fraction of sp³-hybridized carbons (Fsp3) is 0.368. The van der Waals surface area contributed by atoms with Gasteiger partial charge in [0, 0.05) is 18.2 Å². The molecule has 0 spiro atoms. The zero-order chi connectivity index (χ0) is 18.3. The SMILES string of the molecule is CC[C@@H]1c2ccccc2[C@@H]2N=NN(c3ccc([N+](=O)[O-])cc3)[C@@H]2N1CC. The van der Waals surface area contributed by atoms with E-state index in [0.717, 1.165) is 18.7 Å². The minimum absolute atomic E-state index is 0.0127. The number of hydrogen-bond acceptors (Lipinski definition) is 6. The summed E-state index contributed by atoms with van der Waals surface area (Å²) in [6, 6.07) is 15.2. The molecule has 134 valence electrons. The summed E-state index contributed by atoms with van der Waals surface area (Å²) in [6.45, 7) is 5.23. The largest absolute Gasteiger partial charge is 0.273 e. The lowest BCUT2D eigenvalue weighted by atomic mass is 9.86. The maximum Gasteiger partial charge on any atom is 0.269 e. The van der Waals surface area contributed by atoms with Gasteiger partial charge in [0.15, 0.2) is 0 Å². The van der Waals surface area contributed by atoms with Gasteiger partial charge in [-0.3, -0.25) is 15.0 Å². The van der Waals surface area contributed by atoms with Gasteiger partial charge in [0.25, 0.3) is 5.69 Å². The lowest BCUT2D eigenvalue weighted by Crippen LogP contribution is -2.51. The molecular weight excluding hydrogens is 330 g/mol. The molecule has 3 atom stereocenters. The van der Waals surface area contributed by atoms with Crippen molar-refractivity contribution < 1.29 is 4.92 Å². The summed E-state index contributed by atoms with van der Waals surface area (Å²) in [4.78, 5) is 13.0. The van der Waals surface area contributed by atoms with E-state index in [2.05, 4.69) is 47.3 Å². The van der Waals surface area contributed by atoms with Crippen LogP contribution in [0.3, 0.4) is 0 Å². The number of anilines is 1. The maximum atomic E-state index is 10.9. The highest BCUT2D eigenvalue weighted by Gasteiger charge is 2.46. The van der Waals surface area contributed by atoms with Crippen LogP contribution in [-0.4, -0.2) is 22.5 Å². The molecule has 7 heteroatoms. The molecule has 0 radical (unpaired) electrons. The third-order valence-electron chi connectivity index (χ3n) is 5.30. The number of fused-ring (bicyclic) bond motifs is 3. The van der Waals surface area contributed by atoms with Crippen LogP contribution in [0.15, 0.2) is 58.9 Å². The number of nitrogens with zero attached hydrogens (tertiary/aromatic N) is 5. The number of non-ortho nitro benzene ring substituents is 1. The number of benzene rings is 2. The number of hydrogen-bond donors (Lipinski definition) is 0. The monoisotopic (exact) mass is 351 g/mol. The van der Waals surface area contributed by atoms with Gasteiger partial charge in [-0.2, -0.15) is 5.11 Å². The molecule has 4 rings (SSSR count). The van der Waals surface area contributed by atoms with Crippen LogP contribution in [0.25, 0.3) is 0 Å². The van der Waals surface area contributed by atoms with E-state index in [1.165, 1.54) is 23.3 Å². The molecule has 2 aromatic carbocycles. The normalized spacial score (nSPS) is 24.4. The first-order valence-electron chi connectivity index (χ1n) is 8.94. The highest BCUT2D eigenvalue weighted by Crippen LogP contribution is 2.47. The minimum atomic E-state index is -0.388. The third-order valence-corrected chi connectivity index (χ3v) is 5.30. The average Bonchev–Trinajstić information content (AvgIpc) is 3.12. The molecule has 0 bridgehead atoms. The lowest BCUT2D eigenvalue weighted by molar-refractivity contribution is -0.384. The summed E-state index contributed by atoms with van der Waals surface area (Å²) < 4.78 is 0. The first-order valence-corrected chi connectivity index (χ1v) is 8.94. The van der Waals surface area contributed by atoms with Crippen molar-refractivity contribution in [3.8, 4) is 0 Å². The minimum Gasteiger partial charge on any atom is -0.273 e. The fourth-order valence-corrected chi connectivity index (χ4v) is 4.14. The molecule has 2 aliphatic rings. The van der Waals surface area contributed by atoms with Crippen LogP contribution >= 0.6 is 0 Å². The second-order valence-corrected chi connectivity index (χ2v) is 6.56. The Morgan fingerprint density at radius 2 is 1.77 bits per heavy atom. The molecule has 0 saturated carbocycles. The number of likely N-dealkylation sites (N-methyl/N-ethyl adjacent to an activating group) is 1. The molecule has 7 nitrogen and oxygen atoms in total. The Morgan fingerprint density at radius 3 is 2.38 bits per heavy atom. The van der Waals surface area contributed by atoms with Crippen molar-refractivity contribution in [2.75, 3.05) is 11.6 Å². The van der Waals surface area contributed by atoms with Gasteiger partial charge in [-0.15, -0.1) is 0 Å². The summed E-state index contributed by atoms with van der Waals surface area (Å²) in [7, 11) is 0. The van der Waals surface area contributed by atoms with Gasteiger partial charge in [-0.1, -0.05) is 43.3 Å². The predicted octanol–water partition coefficient (Wildman–Crippen LogP) is 4.64. The van der Waals surface area contributed by atoms with Gasteiger partial charge in [0.1, 0.15) is 12.2 Å². The molecule has 2 aliphatic heterocycles. The molecule has 2 aromatic rings. The van der Waals surface area contributed by atoms with E-state index in [1.807, 2.05) is 11.1 Å². The Kier molecular flexibility index (Phi) is 4.16. The number of nitro groups is 1. The lowest BCUT2D eigenvalue weighted by Gasteiger charge is -2.45. The highest BCUT2D eigenvalue weighted by molar-refractivity contribution is 5.53. The van der Waals surface area contributed by atoms with E-state index in [1.54, 1.807) is 12.1 Å². The van der Waals surface area contributed by atoms with Gasteiger partial charge < -0.3 is 0 Å². The van der Waals surface area contributed by atoms with Crippen LogP contribution in [0, 0.1) is 10.1 Å². The first-order chi connectivity index (χ1) is 12.7. The van der Waals surface area contributed by atoms with Crippen molar-refractivity contribution in [2.24, 2.45) is 10.3 Å². The molecule has 2 heterocycles. The second kappa shape index (κ2) is 6.49. The second-order valence-electron chi connectivity index (χ2n) is 6.56. The molecule has 26 heavy (non-hydrogen) atoms. The van der Waals surface area contributed by atoms with Gasteiger partial charge in [0.05, 0.1) is 10.6 Å². The predicted molar refractivity (Wildman–Crippen MR) is 98.8 cm³/mol. The topological polar surface area (TPSA) is 74.3 Å². The fourth-order valence-electron chi connectivity index (χ4n) is 4.14. The van der Waals surface area contributed by atoms with Crippen molar-refractivity contribution in [3.63, 3.8) is 0 Å². The molecule has 0 saturated heterocycles. The van der Waals surface area contributed by atoms with E-state index in [0.29, 0.717) is 6.04 Å². The molecular formula is C19H21N5O2. The zero-order valence-corrected chi connectivity index (χ0v) is 14.8. The summed E-state index contributed by atoms with van der Waals surface area (Å²) in [5.41, 5.74) is 3.44. The Labute approximate surface area is 152 Å². The summed E-state index contributed by atoms with van der Waals surface area (Å²) in [6.07, 6.45) is 0.989. The molecule has 0 N–H and O–H groups in total. The average molecular weight is 351 g/mol. The number of nitro benzene ring substituents is 1. The zero-order valence-electron chi connectivity index (χ0n) is 14.8. The maximum absolute atomic E-state index is 10.9. The summed E-state index contributed by atoms with van der Waals surface area (Å²) in [5.74, 6) is 0. The Bertz CT molecular complexity index is 851. The van der Waals surface area contributed by atoms with Crippen molar-refractivity contribution in [2.45, 2.75) is 38.5 Å². The van der Waals surface area contributed by atoms with E-state index in [4.69, 9.17) is 0 Å². The summed E-state index contributed by atoms with van der Waals surface area (Å²) >= 11 is 0. The third kappa shape index (κ3) is 2.47. The van der Waals surface area contributed by atoms with Crippen LogP contribution in [-0.2, 0) is 0 Å². The van der Waals surface area contributed by atoms with E-state index in [-0.39, 0.29) is 22.8 Å². The van der Waals surface area contributed by atoms with Crippen LogP contribution in [0.5, 0.6) is 0 Å². The van der Waals surface area contributed by atoms with Crippen molar-refractivity contribution >= 4 is 11.4 Å². The van der Waals surface area contributed by atoms with Crippen LogP contribution < -0.4 is 5.01 Å². The Hall–Kier alpha value is -2.80. The quantitative estimate of drug-likeness (QED) is 0.594. The Morgan fingerprint density at radius 1 is 1.08 bits per heavy atom. The molecule has 0 amide bonds. The van der Waals surface area contributed by atoms with Crippen molar-refractivity contribution in [1.29, 1.82) is 0 Å². The van der Waals surface area contributed by atoms with Gasteiger partial charge in [-0.05, 0) is 36.2 Å². The van der Waals surface area contributed by atoms with Crippen LogP contribution in [0.2, 0.25) is 0 Å². The Balaban J connectivity index is 1.75. The standard InChI is InChI=1S/C19H21N5O2/c1-3-17-15-7-5-6-8-16(15)18-19(22(17)4-2)23(21-20-18)13-9-11-14(12-10-13)24(25)26/h5-12,17-19H,3-4H2,1-2H3/t17-,18+,19+/m1/s1. The van der Waals surface area contributed by atoms with Crippen LogP contribution in [0.4, 0.5) is 11.4 Å². The highest BCUT2D eigenvalue weighted by atomic mass is 16.6. The summed E-state index contributed by atoms with van der Waals surface area (Å²) in [5, 5.41) is 21.8. The van der Waals surface area contributed by atoms with Crippen molar-refractivity contribution in [1.82, 2.24) is 4.90 Å². The molecule has 0 unspecified atom stereocenters. The van der Waals surface area contributed by atoms with Crippen molar-refractivity contribution in [3.05, 3.63) is 69.8 Å². The van der Waals surface area contributed by atoms with Gasteiger partial charge in [-0.25, -0.2) is 5.01 Å². The van der Waals surface area contributed by atoms with E-state index < -0.39 is 0 Å². The van der Waals surface area contributed by atoms with Crippen LogP contribution in [0.1, 0.15) is 43.5 Å². The van der Waals surface area contributed by atoms with Gasteiger partial charge in [0.2, 0.25) is 0 Å². The smallest absolute Gasteiger partial charge is 0.269 e.